The highest BCUT2D eigenvalue weighted by Gasteiger charge is 2.28. The van der Waals surface area contributed by atoms with E-state index in [1.807, 2.05) is 0 Å². The zero-order chi connectivity index (χ0) is 12.7. The summed E-state index contributed by atoms with van der Waals surface area (Å²) in [5, 5.41) is 21.1. The van der Waals surface area contributed by atoms with Crippen LogP contribution in [0.3, 0.4) is 0 Å². The molecule has 2 unspecified atom stereocenters. The van der Waals surface area contributed by atoms with Crippen LogP contribution in [0.15, 0.2) is 0 Å². The highest BCUT2D eigenvalue weighted by atomic mass is 16.3. The number of nitrogens with zero attached hydrogens (tertiary/aromatic N) is 2. The number of aliphatic hydroxyl groups excluding tert-OH is 1. The van der Waals surface area contributed by atoms with E-state index in [0.717, 1.165) is 26.1 Å². The molecule has 1 rings (SSSR count). The first-order valence-electron chi connectivity index (χ1n) is 6.61. The van der Waals surface area contributed by atoms with Crippen LogP contribution >= 0.6 is 0 Å². The summed E-state index contributed by atoms with van der Waals surface area (Å²) in [6.45, 7) is 8.16. The van der Waals surface area contributed by atoms with Gasteiger partial charge in [0, 0.05) is 25.7 Å². The van der Waals surface area contributed by atoms with Gasteiger partial charge in [-0.15, -0.1) is 0 Å². The van der Waals surface area contributed by atoms with Gasteiger partial charge in [-0.3, -0.25) is 4.90 Å². The van der Waals surface area contributed by atoms with Crippen LogP contribution in [0.25, 0.3) is 0 Å². The average molecular weight is 239 g/mol. The molecule has 1 heterocycles. The Morgan fingerprint density at radius 1 is 1.47 bits per heavy atom. The summed E-state index contributed by atoms with van der Waals surface area (Å²) in [7, 11) is 0. The van der Waals surface area contributed by atoms with E-state index < -0.39 is 0 Å². The second-order valence-electron chi connectivity index (χ2n) is 5.32. The van der Waals surface area contributed by atoms with Gasteiger partial charge in [-0.2, -0.15) is 5.26 Å². The molecule has 0 aromatic rings. The summed E-state index contributed by atoms with van der Waals surface area (Å²) in [5.41, 5.74) is 0. The van der Waals surface area contributed by atoms with Crippen molar-refractivity contribution in [2.45, 2.75) is 32.7 Å². The van der Waals surface area contributed by atoms with Crippen LogP contribution in [-0.4, -0.2) is 48.8 Å². The molecule has 1 aliphatic heterocycles. The Kier molecular flexibility index (Phi) is 6.49. The predicted octanol–water partition coefficient (Wildman–Crippen LogP) is 0.828. The van der Waals surface area contributed by atoms with Gasteiger partial charge in [-0.1, -0.05) is 13.8 Å². The molecule has 0 aliphatic carbocycles. The summed E-state index contributed by atoms with van der Waals surface area (Å²) in [4.78, 5) is 2.24. The molecule has 2 atom stereocenters. The van der Waals surface area contributed by atoms with Crippen molar-refractivity contribution in [2.75, 3.05) is 32.8 Å². The largest absolute Gasteiger partial charge is 0.396 e. The number of rotatable bonds is 6. The second kappa shape index (κ2) is 7.65. The van der Waals surface area contributed by atoms with Crippen LogP contribution in [0.4, 0.5) is 0 Å². The van der Waals surface area contributed by atoms with Gasteiger partial charge in [0.2, 0.25) is 0 Å². The van der Waals surface area contributed by atoms with E-state index >= 15 is 0 Å². The number of hydrogen-bond donors (Lipinski definition) is 2. The third kappa shape index (κ3) is 5.03. The first-order chi connectivity index (χ1) is 8.17. The van der Waals surface area contributed by atoms with Gasteiger partial charge < -0.3 is 10.4 Å². The molecule has 4 nitrogen and oxygen atoms in total. The number of likely N-dealkylation sites (tertiary alicyclic amines) is 1. The monoisotopic (exact) mass is 239 g/mol. The SMILES string of the molecule is CC(C)C1CC(NCCCO)CN(CC#N)C1. The average Bonchev–Trinajstić information content (AvgIpc) is 2.29. The highest BCUT2D eigenvalue weighted by molar-refractivity contribution is 4.88. The fourth-order valence-electron chi connectivity index (χ4n) is 2.48. The summed E-state index contributed by atoms with van der Waals surface area (Å²) in [6.07, 6.45) is 1.99. The fourth-order valence-corrected chi connectivity index (χ4v) is 2.48. The molecular weight excluding hydrogens is 214 g/mol. The van der Waals surface area contributed by atoms with E-state index in [9.17, 15) is 0 Å². The van der Waals surface area contributed by atoms with Crippen molar-refractivity contribution in [3.05, 3.63) is 0 Å². The first kappa shape index (κ1) is 14.4. The van der Waals surface area contributed by atoms with E-state index in [-0.39, 0.29) is 6.61 Å². The summed E-state index contributed by atoms with van der Waals surface area (Å²) < 4.78 is 0. The molecular formula is C13H25N3O. The van der Waals surface area contributed by atoms with Crippen LogP contribution in [0.5, 0.6) is 0 Å². The maximum Gasteiger partial charge on any atom is 0.0866 e. The molecule has 1 saturated heterocycles. The molecule has 1 fully saturated rings. The Bertz CT molecular complexity index is 250. The maximum absolute atomic E-state index is 8.80. The lowest BCUT2D eigenvalue weighted by molar-refractivity contribution is 0.127. The van der Waals surface area contributed by atoms with Gasteiger partial charge in [-0.05, 0) is 31.2 Å². The van der Waals surface area contributed by atoms with Crippen molar-refractivity contribution in [1.29, 1.82) is 5.26 Å². The fraction of sp³-hybridized carbons (Fsp3) is 0.923. The Morgan fingerprint density at radius 3 is 2.82 bits per heavy atom. The maximum atomic E-state index is 8.80. The standard InChI is InChI=1S/C13H25N3O/c1-11(2)12-8-13(15-5-3-7-17)10-16(9-12)6-4-14/h11-13,15,17H,3,5-10H2,1-2H3. The number of piperidine rings is 1. The van der Waals surface area contributed by atoms with Crippen molar-refractivity contribution in [1.82, 2.24) is 10.2 Å². The predicted molar refractivity (Wildman–Crippen MR) is 68.5 cm³/mol. The third-order valence-corrected chi connectivity index (χ3v) is 3.56. The minimum Gasteiger partial charge on any atom is -0.396 e. The van der Waals surface area contributed by atoms with Crippen LogP contribution in [0.2, 0.25) is 0 Å². The Hall–Kier alpha value is -0.630. The molecule has 0 amide bonds. The van der Waals surface area contributed by atoms with Crippen LogP contribution < -0.4 is 5.32 Å². The molecule has 17 heavy (non-hydrogen) atoms. The molecule has 0 radical (unpaired) electrons. The zero-order valence-corrected chi connectivity index (χ0v) is 11.0. The minimum atomic E-state index is 0.245. The van der Waals surface area contributed by atoms with Crippen molar-refractivity contribution < 1.29 is 5.11 Å². The summed E-state index contributed by atoms with van der Waals surface area (Å²) in [6, 6.07) is 2.71. The first-order valence-corrected chi connectivity index (χ1v) is 6.61. The van der Waals surface area contributed by atoms with Gasteiger partial charge in [0.25, 0.3) is 0 Å². The van der Waals surface area contributed by atoms with Gasteiger partial charge in [0.15, 0.2) is 0 Å². The van der Waals surface area contributed by atoms with Crippen molar-refractivity contribution >= 4 is 0 Å². The van der Waals surface area contributed by atoms with E-state index in [0.29, 0.717) is 24.4 Å². The summed E-state index contributed by atoms with van der Waals surface area (Å²) in [5.74, 6) is 1.34. The smallest absolute Gasteiger partial charge is 0.0866 e. The molecule has 2 N–H and O–H groups in total. The lowest BCUT2D eigenvalue weighted by atomic mass is 9.85. The normalized spacial score (nSPS) is 26.1. The van der Waals surface area contributed by atoms with Gasteiger partial charge in [-0.25, -0.2) is 0 Å². The van der Waals surface area contributed by atoms with Crippen LogP contribution in [0, 0.1) is 23.2 Å². The Labute approximate surface area is 105 Å². The third-order valence-electron chi connectivity index (χ3n) is 3.56. The van der Waals surface area contributed by atoms with Gasteiger partial charge >= 0.3 is 0 Å². The van der Waals surface area contributed by atoms with E-state index in [1.54, 1.807) is 0 Å². The van der Waals surface area contributed by atoms with Crippen LogP contribution in [-0.2, 0) is 0 Å². The number of aliphatic hydroxyl groups is 1. The van der Waals surface area contributed by atoms with E-state index in [2.05, 4.69) is 30.1 Å². The molecule has 0 bridgehead atoms. The van der Waals surface area contributed by atoms with Crippen molar-refractivity contribution in [2.24, 2.45) is 11.8 Å². The van der Waals surface area contributed by atoms with Crippen molar-refractivity contribution in [3.8, 4) is 6.07 Å². The number of nitriles is 1. The molecule has 1 aliphatic rings. The Morgan fingerprint density at radius 2 is 2.24 bits per heavy atom. The molecule has 4 heteroatoms. The number of hydrogen-bond acceptors (Lipinski definition) is 4. The molecule has 98 valence electrons. The molecule has 0 aromatic heterocycles. The van der Waals surface area contributed by atoms with Crippen LogP contribution in [0.1, 0.15) is 26.7 Å². The van der Waals surface area contributed by atoms with Gasteiger partial charge in [0.1, 0.15) is 0 Å². The molecule has 0 aromatic carbocycles. The quantitative estimate of drug-likeness (QED) is 0.532. The topological polar surface area (TPSA) is 59.3 Å². The van der Waals surface area contributed by atoms with E-state index in [4.69, 9.17) is 10.4 Å². The lowest BCUT2D eigenvalue weighted by Gasteiger charge is -2.38. The van der Waals surface area contributed by atoms with E-state index in [1.165, 1.54) is 6.42 Å². The summed E-state index contributed by atoms with van der Waals surface area (Å²) >= 11 is 0. The highest BCUT2D eigenvalue weighted by Crippen LogP contribution is 2.23. The van der Waals surface area contributed by atoms with Crippen molar-refractivity contribution in [3.63, 3.8) is 0 Å². The second-order valence-corrected chi connectivity index (χ2v) is 5.32. The lowest BCUT2D eigenvalue weighted by Crippen LogP contribution is -2.50. The minimum absolute atomic E-state index is 0.245. The zero-order valence-electron chi connectivity index (χ0n) is 11.0. The molecule has 0 spiro atoms. The van der Waals surface area contributed by atoms with Gasteiger partial charge in [0.05, 0.1) is 12.6 Å². The Balaban J connectivity index is 2.44. The molecule has 0 saturated carbocycles. The number of nitrogens with one attached hydrogen (secondary N) is 1.